The third-order valence-electron chi connectivity index (χ3n) is 5.31. The number of aryl methyl sites for hydroxylation is 1. The molecule has 0 aliphatic heterocycles. The number of amides is 1. The largest absolute Gasteiger partial charge is 0.325 e. The van der Waals surface area contributed by atoms with Crippen LogP contribution in [0, 0.1) is 6.92 Å². The maximum absolute atomic E-state index is 12.7. The Labute approximate surface area is 203 Å². The molecule has 34 heavy (non-hydrogen) atoms. The molecule has 1 atom stereocenters. The number of carbonyl (C=O) groups is 1. The number of rotatable bonds is 8. The summed E-state index contributed by atoms with van der Waals surface area (Å²) >= 11 is 1.38. The number of pyridine rings is 1. The van der Waals surface area contributed by atoms with Gasteiger partial charge >= 0.3 is 0 Å². The summed E-state index contributed by atoms with van der Waals surface area (Å²) < 4.78 is 27.7. The van der Waals surface area contributed by atoms with Crippen molar-refractivity contribution in [1.29, 1.82) is 0 Å². The van der Waals surface area contributed by atoms with Crippen molar-refractivity contribution in [2.24, 2.45) is 0 Å². The minimum absolute atomic E-state index is 0.139. The maximum atomic E-state index is 12.7. The first kappa shape index (κ1) is 23.9. The fourth-order valence-corrected chi connectivity index (χ4v) is 5.37. The minimum atomic E-state index is -3.66. The highest BCUT2D eigenvalue weighted by Gasteiger charge is 2.18. The Bertz CT molecular complexity index is 1410. The first-order valence-corrected chi connectivity index (χ1v) is 13.2. The lowest BCUT2D eigenvalue weighted by molar-refractivity contribution is -0.115. The van der Waals surface area contributed by atoms with E-state index in [0.29, 0.717) is 5.69 Å². The van der Waals surface area contributed by atoms with Crippen molar-refractivity contribution >= 4 is 44.3 Å². The van der Waals surface area contributed by atoms with Gasteiger partial charge in [-0.15, -0.1) is 0 Å². The van der Waals surface area contributed by atoms with E-state index in [2.05, 4.69) is 15.0 Å². The molecule has 3 aromatic carbocycles. The molecule has 1 unspecified atom stereocenters. The van der Waals surface area contributed by atoms with Gasteiger partial charge < -0.3 is 5.32 Å². The zero-order chi connectivity index (χ0) is 24.1. The first-order valence-electron chi connectivity index (χ1n) is 10.8. The number of benzene rings is 3. The molecule has 6 nitrogen and oxygen atoms in total. The van der Waals surface area contributed by atoms with Crippen LogP contribution in [0.1, 0.15) is 18.1 Å². The smallest absolute Gasteiger partial charge is 0.240 e. The lowest BCUT2D eigenvalue weighted by Gasteiger charge is -2.13. The Morgan fingerprint density at radius 1 is 0.971 bits per heavy atom. The second-order valence-electron chi connectivity index (χ2n) is 7.88. The molecule has 0 radical (unpaired) electrons. The molecule has 0 saturated carbocycles. The van der Waals surface area contributed by atoms with Gasteiger partial charge in [-0.3, -0.25) is 4.79 Å². The second kappa shape index (κ2) is 10.4. The van der Waals surface area contributed by atoms with E-state index in [-0.39, 0.29) is 22.6 Å². The predicted octanol–water partition coefficient (Wildman–Crippen LogP) is 5.14. The summed E-state index contributed by atoms with van der Waals surface area (Å²) in [5, 5.41) is 4.34. The number of aromatic nitrogens is 1. The summed E-state index contributed by atoms with van der Waals surface area (Å²) in [6.07, 6.45) is 0. The number of fused-ring (bicyclic) bond motifs is 1. The van der Waals surface area contributed by atoms with Gasteiger partial charge in [-0.2, -0.15) is 0 Å². The fraction of sp³-hybridized carbons (Fsp3) is 0.154. The Balaban J connectivity index is 1.37. The van der Waals surface area contributed by atoms with E-state index in [0.717, 1.165) is 27.1 Å². The van der Waals surface area contributed by atoms with E-state index in [4.69, 9.17) is 0 Å². The maximum Gasteiger partial charge on any atom is 0.240 e. The topological polar surface area (TPSA) is 88.2 Å². The Morgan fingerprint density at radius 2 is 1.65 bits per heavy atom. The van der Waals surface area contributed by atoms with Crippen molar-refractivity contribution in [2.45, 2.75) is 35.6 Å². The van der Waals surface area contributed by atoms with Crippen molar-refractivity contribution in [3.05, 3.63) is 96.1 Å². The normalized spacial score (nSPS) is 12.4. The summed E-state index contributed by atoms with van der Waals surface area (Å²) in [6.45, 7) is 4.06. The molecule has 1 aromatic heterocycles. The number of anilines is 1. The molecule has 0 fully saturated rings. The average Bonchev–Trinajstić information content (AvgIpc) is 2.84. The summed E-state index contributed by atoms with van der Waals surface area (Å²) in [5.41, 5.74) is 3.41. The van der Waals surface area contributed by atoms with Crippen LogP contribution < -0.4 is 10.0 Å². The molecule has 8 heteroatoms. The Hall–Kier alpha value is -3.20. The van der Waals surface area contributed by atoms with Crippen LogP contribution >= 0.6 is 11.8 Å². The van der Waals surface area contributed by atoms with Gasteiger partial charge in [0, 0.05) is 17.6 Å². The number of carbonyl (C=O) groups excluding carboxylic acids is 1. The van der Waals surface area contributed by atoms with Gasteiger partial charge in [0.25, 0.3) is 0 Å². The number of nitrogens with one attached hydrogen (secondary N) is 2. The quantitative estimate of drug-likeness (QED) is 0.333. The predicted molar refractivity (Wildman–Crippen MR) is 137 cm³/mol. The van der Waals surface area contributed by atoms with Crippen LogP contribution in [0.15, 0.2) is 94.9 Å². The molecule has 174 valence electrons. The number of nitrogens with zero attached hydrogens (tertiary/aromatic N) is 1. The third-order valence-corrected chi connectivity index (χ3v) is 7.74. The highest BCUT2D eigenvalue weighted by molar-refractivity contribution is 8.00. The van der Waals surface area contributed by atoms with Crippen molar-refractivity contribution < 1.29 is 13.2 Å². The van der Waals surface area contributed by atoms with Gasteiger partial charge in [0.2, 0.25) is 15.9 Å². The number of para-hydroxylation sites is 1. The summed E-state index contributed by atoms with van der Waals surface area (Å²) in [7, 11) is -3.66. The van der Waals surface area contributed by atoms with Crippen LogP contribution in [-0.2, 0) is 21.4 Å². The molecule has 4 aromatic rings. The summed E-state index contributed by atoms with van der Waals surface area (Å²) in [6, 6.07) is 25.3. The van der Waals surface area contributed by atoms with Crippen LogP contribution in [-0.4, -0.2) is 24.6 Å². The lowest BCUT2D eigenvalue weighted by atomic mass is 10.1. The Morgan fingerprint density at radius 3 is 2.38 bits per heavy atom. The number of hydrogen-bond acceptors (Lipinski definition) is 5. The van der Waals surface area contributed by atoms with Crippen molar-refractivity contribution in [1.82, 2.24) is 9.71 Å². The van der Waals surface area contributed by atoms with Crippen molar-refractivity contribution in [2.75, 3.05) is 5.32 Å². The van der Waals surface area contributed by atoms with E-state index < -0.39 is 10.0 Å². The number of sulfonamides is 1. The average molecular weight is 492 g/mol. The fourth-order valence-electron chi connectivity index (χ4n) is 3.43. The first-order chi connectivity index (χ1) is 16.3. The van der Waals surface area contributed by atoms with Crippen molar-refractivity contribution in [3.8, 4) is 0 Å². The molecular formula is C26H25N3O3S2. The van der Waals surface area contributed by atoms with Gasteiger partial charge in [0.05, 0.1) is 20.7 Å². The van der Waals surface area contributed by atoms with E-state index >= 15 is 0 Å². The lowest BCUT2D eigenvalue weighted by Crippen LogP contribution is -2.24. The van der Waals surface area contributed by atoms with Crippen LogP contribution in [0.5, 0.6) is 0 Å². The SMILES string of the molecule is Cc1cc(SC(C)C(=O)Nc2ccc(S(=O)(=O)NCc3ccccc3)cc2)nc2ccccc12. The highest BCUT2D eigenvalue weighted by atomic mass is 32.2. The van der Waals surface area contributed by atoms with E-state index in [1.807, 2.05) is 74.5 Å². The zero-order valence-corrected chi connectivity index (χ0v) is 20.5. The van der Waals surface area contributed by atoms with E-state index in [1.165, 1.54) is 23.9 Å². The molecule has 2 N–H and O–H groups in total. The van der Waals surface area contributed by atoms with Crippen LogP contribution in [0.25, 0.3) is 10.9 Å². The molecule has 0 spiro atoms. The number of thioether (sulfide) groups is 1. The number of hydrogen-bond donors (Lipinski definition) is 2. The standard InChI is InChI=1S/C26H25N3O3S2/c1-18-16-25(29-24-11-7-6-10-23(18)24)33-19(2)26(30)28-21-12-14-22(15-13-21)34(31,32)27-17-20-8-4-3-5-9-20/h3-16,19,27H,17H2,1-2H3,(H,28,30). The van der Waals surface area contributed by atoms with Crippen LogP contribution in [0.2, 0.25) is 0 Å². The molecule has 0 aliphatic carbocycles. The van der Waals surface area contributed by atoms with Gasteiger partial charge in [-0.25, -0.2) is 18.1 Å². The Kier molecular flexibility index (Phi) is 7.31. The zero-order valence-electron chi connectivity index (χ0n) is 18.9. The summed E-state index contributed by atoms with van der Waals surface area (Å²) in [4.78, 5) is 17.5. The van der Waals surface area contributed by atoms with E-state index in [9.17, 15) is 13.2 Å². The van der Waals surface area contributed by atoms with Gasteiger partial charge in [-0.1, -0.05) is 60.3 Å². The molecule has 4 rings (SSSR count). The monoisotopic (exact) mass is 491 g/mol. The molecule has 0 bridgehead atoms. The highest BCUT2D eigenvalue weighted by Crippen LogP contribution is 2.27. The van der Waals surface area contributed by atoms with Gasteiger partial charge in [-0.05, 0) is 61.4 Å². The molecule has 1 heterocycles. The van der Waals surface area contributed by atoms with Crippen molar-refractivity contribution in [3.63, 3.8) is 0 Å². The third kappa shape index (κ3) is 5.83. The van der Waals surface area contributed by atoms with Gasteiger partial charge in [0.15, 0.2) is 0 Å². The molecule has 0 saturated heterocycles. The van der Waals surface area contributed by atoms with Crippen LogP contribution in [0.4, 0.5) is 5.69 Å². The van der Waals surface area contributed by atoms with Gasteiger partial charge in [0.1, 0.15) is 0 Å². The molecule has 0 aliphatic rings. The summed E-state index contributed by atoms with van der Waals surface area (Å²) in [5.74, 6) is -0.185. The molecule has 1 amide bonds. The van der Waals surface area contributed by atoms with E-state index in [1.54, 1.807) is 12.1 Å². The van der Waals surface area contributed by atoms with Crippen LogP contribution in [0.3, 0.4) is 0 Å². The second-order valence-corrected chi connectivity index (χ2v) is 11.0. The minimum Gasteiger partial charge on any atom is -0.325 e. The molecular weight excluding hydrogens is 466 g/mol.